The van der Waals surface area contributed by atoms with Crippen LogP contribution in [0.1, 0.15) is 5.56 Å². The summed E-state index contributed by atoms with van der Waals surface area (Å²) in [6, 6.07) is 6.66. The van der Waals surface area contributed by atoms with Crippen LogP contribution < -0.4 is 5.32 Å². The van der Waals surface area contributed by atoms with Gasteiger partial charge in [0.2, 0.25) is 5.91 Å². The van der Waals surface area contributed by atoms with Gasteiger partial charge in [0, 0.05) is 11.0 Å². The molecule has 0 unspecified atom stereocenters. The van der Waals surface area contributed by atoms with E-state index in [0.29, 0.717) is 5.56 Å². The van der Waals surface area contributed by atoms with Gasteiger partial charge in [0.25, 0.3) is 0 Å². The number of alkyl halides is 3. The number of sulfone groups is 1. The highest BCUT2D eigenvalue weighted by molar-refractivity contribution is 9.10. The second kappa shape index (κ2) is 8.65. The molecule has 0 aliphatic heterocycles. The van der Waals surface area contributed by atoms with E-state index < -0.39 is 34.3 Å². The van der Waals surface area contributed by atoms with Gasteiger partial charge in [0.15, 0.2) is 9.84 Å². The van der Waals surface area contributed by atoms with Crippen molar-refractivity contribution in [3.8, 4) is 0 Å². The van der Waals surface area contributed by atoms with E-state index in [1.165, 1.54) is 0 Å². The van der Waals surface area contributed by atoms with Crippen LogP contribution in [-0.4, -0.2) is 46.0 Å². The van der Waals surface area contributed by atoms with E-state index in [0.717, 1.165) is 4.47 Å². The Morgan fingerprint density at radius 3 is 2.61 bits per heavy atom. The molecule has 1 rings (SSSR count). The average Bonchev–Trinajstić information content (AvgIpc) is 2.35. The molecule has 0 spiro atoms. The van der Waals surface area contributed by atoms with Gasteiger partial charge in [0.05, 0.1) is 12.4 Å². The first-order valence-electron chi connectivity index (χ1n) is 6.43. The van der Waals surface area contributed by atoms with Gasteiger partial charge >= 0.3 is 6.18 Å². The monoisotopic (exact) mass is 417 g/mol. The van der Waals surface area contributed by atoms with Gasteiger partial charge < -0.3 is 10.1 Å². The molecule has 1 aromatic rings. The third-order valence-corrected chi connectivity index (χ3v) is 4.43. The summed E-state index contributed by atoms with van der Waals surface area (Å²) in [7, 11) is -3.67. The van der Waals surface area contributed by atoms with Crippen molar-refractivity contribution in [2.75, 3.05) is 25.5 Å². The number of nitrogens with one attached hydrogen (secondary N) is 1. The Bertz CT molecular complexity index is 634. The first kappa shape index (κ1) is 19.9. The average molecular weight is 418 g/mol. The van der Waals surface area contributed by atoms with Gasteiger partial charge in [0.1, 0.15) is 12.4 Å². The van der Waals surface area contributed by atoms with Crippen molar-refractivity contribution in [3.05, 3.63) is 34.3 Å². The molecule has 0 bridgehead atoms. The molecule has 0 aliphatic rings. The zero-order chi connectivity index (χ0) is 17.5. The normalized spacial score (nSPS) is 12.2. The quantitative estimate of drug-likeness (QED) is 0.657. The van der Waals surface area contributed by atoms with Gasteiger partial charge in [-0.25, -0.2) is 8.42 Å². The van der Waals surface area contributed by atoms with Crippen molar-refractivity contribution in [3.63, 3.8) is 0 Å². The molecule has 1 N–H and O–H groups in total. The minimum absolute atomic E-state index is 0.193. The molecule has 0 radical (unpaired) electrons. The van der Waals surface area contributed by atoms with Crippen LogP contribution in [0.15, 0.2) is 28.7 Å². The molecular weight excluding hydrogens is 403 g/mol. The van der Waals surface area contributed by atoms with E-state index in [9.17, 15) is 26.4 Å². The molecule has 1 amide bonds. The highest BCUT2D eigenvalue weighted by Crippen LogP contribution is 2.15. The van der Waals surface area contributed by atoms with Crippen LogP contribution in [0.3, 0.4) is 0 Å². The molecule has 23 heavy (non-hydrogen) atoms. The lowest BCUT2D eigenvalue weighted by molar-refractivity contribution is -0.173. The maximum Gasteiger partial charge on any atom is 0.411 e. The minimum atomic E-state index is -4.43. The number of hydrogen-bond acceptors (Lipinski definition) is 4. The number of carbonyl (C=O) groups is 1. The fraction of sp³-hybridized carbons (Fsp3) is 0.462. The Morgan fingerprint density at radius 2 is 2.00 bits per heavy atom. The number of ether oxygens (including phenoxy) is 1. The van der Waals surface area contributed by atoms with Gasteiger partial charge in [-0.2, -0.15) is 13.2 Å². The Hall–Kier alpha value is -1.13. The molecule has 0 atom stereocenters. The van der Waals surface area contributed by atoms with E-state index in [2.05, 4.69) is 26.0 Å². The van der Waals surface area contributed by atoms with E-state index in [4.69, 9.17) is 0 Å². The number of benzene rings is 1. The van der Waals surface area contributed by atoms with Crippen molar-refractivity contribution in [1.29, 1.82) is 0 Å². The highest BCUT2D eigenvalue weighted by Gasteiger charge is 2.27. The number of carbonyl (C=O) groups excluding carboxylic acids is 1. The standard InChI is InChI=1S/C13H15BrF3NO4S/c14-11-3-1-2-10(6-11)7-23(20,21)8-12(19)18-4-5-22-9-13(15,16)17/h1-3,6H,4-5,7-9H2,(H,18,19). The zero-order valence-corrected chi connectivity index (χ0v) is 14.3. The van der Waals surface area contributed by atoms with E-state index in [1.807, 2.05) is 0 Å². The Kier molecular flexibility index (Phi) is 7.49. The summed E-state index contributed by atoms with van der Waals surface area (Å²) in [5.41, 5.74) is 0.528. The number of amides is 1. The second-order valence-electron chi connectivity index (χ2n) is 4.68. The number of rotatable bonds is 8. The highest BCUT2D eigenvalue weighted by atomic mass is 79.9. The summed E-state index contributed by atoms with van der Waals surface area (Å²) < 4.78 is 64.2. The molecule has 0 aliphatic carbocycles. The van der Waals surface area contributed by atoms with Crippen LogP contribution in [0.4, 0.5) is 13.2 Å². The zero-order valence-electron chi connectivity index (χ0n) is 11.9. The van der Waals surface area contributed by atoms with Crippen molar-refractivity contribution < 1.29 is 31.1 Å². The lowest BCUT2D eigenvalue weighted by atomic mass is 10.2. The van der Waals surface area contributed by atoms with Crippen molar-refractivity contribution in [2.24, 2.45) is 0 Å². The van der Waals surface area contributed by atoms with Gasteiger partial charge in [-0.1, -0.05) is 28.1 Å². The molecule has 130 valence electrons. The van der Waals surface area contributed by atoms with Gasteiger partial charge in [-0.05, 0) is 17.7 Å². The topological polar surface area (TPSA) is 72.5 Å². The molecule has 0 heterocycles. The van der Waals surface area contributed by atoms with Gasteiger partial charge in [-0.3, -0.25) is 4.79 Å². The van der Waals surface area contributed by atoms with Crippen molar-refractivity contribution in [1.82, 2.24) is 5.32 Å². The first-order chi connectivity index (χ1) is 10.6. The van der Waals surface area contributed by atoms with E-state index in [1.54, 1.807) is 24.3 Å². The predicted molar refractivity (Wildman–Crippen MR) is 81.5 cm³/mol. The van der Waals surface area contributed by atoms with Crippen molar-refractivity contribution in [2.45, 2.75) is 11.9 Å². The van der Waals surface area contributed by atoms with Crippen LogP contribution in [0.5, 0.6) is 0 Å². The summed E-state index contributed by atoms with van der Waals surface area (Å²) in [6.07, 6.45) is -4.43. The largest absolute Gasteiger partial charge is 0.411 e. The molecule has 1 aromatic carbocycles. The van der Waals surface area contributed by atoms with Crippen LogP contribution in [0.25, 0.3) is 0 Å². The SMILES string of the molecule is O=C(CS(=O)(=O)Cc1cccc(Br)c1)NCCOCC(F)(F)F. The lowest BCUT2D eigenvalue weighted by Crippen LogP contribution is -2.33. The predicted octanol–water partition coefficient (Wildman–Crippen LogP) is 2.06. The third-order valence-electron chi connectivity index (χ3n) is 2.46. The fourth-order valence-corrected chi connectivity index (χ4v) is 3.37. The third kappa shape index (κ3) is 9.57. The van der Waals surface area contributed by atoms with E-state index in [-0.39, 0.29) is 18.9 Å². The maximum atomic E-state index is 11.9. The summed E-state index contributed by atoms with van der Waals surface area (Å²) in [6.45, 7) is -1.96. The summed E-state index contributed by atoms with van der Waals surface area (Å²) in [5.74, 6) is -1.82. The number of halogens is 4. The Balaban J connectivity index is 2.35. The lowest BCUT2D eigenvalue weighted by Gasteiger charge is -2.09. The van der Waals surface area contributed by atoms with Crippen LogP contribution in [0.2, 0.25) is 0 Å². The number of hydrogen-bond donors (Lipinski definition) is 1. The van der Waals surface area contributed by atoms with Crippen LogP contribution >= 0.6 is 15.9 Å². The smallest absolute Gasteiger partial charge is 0.370 e. The van der Waals surface area contributed by atoms with Crippen LogP contribution in [0, 0.1) is 0 Å². The maximum absolute atomic E-state index is 11.9. The molecule has 0 saturated heterocycles. The van der Waals surface area contributed by atoms with E-state index >= 15 is 0 Å². The molecule has 0 fully saturated rings. The summed E-state index contributed by atoms with van der Waals surface area (Å²) in [4.78, 5) is 11.5. The first-order valence-corrected chi connectivity index (χ1v) is 9.05. The fourth-order valence-electron chi connectivity index (χ4n) is 1.63. The Labute approximate surface area is 140 Å². The molecular formula is C13H15BrF3NO4S. The summed E-state index contributed by atoms with van der Waals surface area (Å²) in [5, 5.41) is 2.20. The second-order valence-corrected chi connectivity index (χ2v) is 7.66. The van der Waals surface area contributed by atoms with Crippen molar-refractivity contribution >= 4 is 31.7 Å². The molecule has 0 saturated carbocycles. The molecule has 0 aromatic heterocycles. The van der Waals surface area contributed by atoms with Crippen LogP contribution in [-0.2, 0) is 25.1 Å². The summed E-state index contributed by atoms with van der Waals surface area (Å²) >= 11 is 3.22. The van der Waals surface area contributed by atoms with Gasteiger partial charge in [-0.15, -0.1) is 0 Å². The molecule has 5 nitrogen and oxygen atoms in total. The molecule has 10 heteroatoms. The minimum Gasteiger partial charge on any atom is -0.370 e. The Morgan fingerprint density at radius 1 is 1.30 bits per heavy atom.